The van der Waals surface area contributed by atoms with Crippen molar-refractivity contribution in [3.05, 3.63) is 71.1 Å². The van der Waals surface area contributed by atoms with E-state index in [0.717, 1.165) is 16.5 Å². The summed E-state index contributed by atoms with van der Waals surface area (Å²) in [4.78, 5) is 33.1. The fraction of sp³-hybridized carbons (Fsp3) is 0.200. The molecule has 0 radical (unpaired) electrons. The lowest BCUT2D eigenvalue weighted by Crippen LogP contribution is -2.36. The highest BCUT2D eigenvalue weighted by Gasteiger charge is 2.25. The van der Waals surface area contributed by atoms with Crippen LogP contribution in [0, 0.1) is 0 Å². The zero-order valence-corrected chi connectivity index (χ0v) is 15.4. The molecule has 3 aromatic rings. The smallest absolute Gasteiger partial charge is 0.334 e. The van der Waals surface area contributed by atoms with Crippen molar-refractivity contribution in [3.63, 3.8) is 0 Å². The summed E-state index contributed by atoms with van der Waals surface area (Å²) in [5, 5.41) is 4.08. The van der Waals surface area contributed by atoms with Crippen LogP contribution >= 0.6 is 11.6 Å². The summed E-state index contributed by atoms with van der Waals surface area (Å²) < 4.78 is 5.06. The van der Waals surface area contributed by atoms with Crippen LogP contribution in [-0.4, -0.2) is 28.5 Å². The van der Waals surface area contributed by atoms with E-state index in [2.05, 4.69) is 15.3 Å². The summed E-state index contributed by atoms with van der Waals surface area (Å²) in [5.74, 6) is -0.855. The third kappa shape index (κ3) is 4.80. The number of amides is 1. The average Bonchev–Trinajstić information content (AvgIpc) is 2.66. The molecule has 1 amide bonds. The molecule has 0 aliphatic heterocycles. The number of pyridine rings is 2. The first-order valence-corrected chi connectivity index (χ1v) is 8.85. The van der Waals surface area contributed by atoms with E-state index in [9.17, 15) is 9.59 Å². The average molecular weight is 384 g/mol. The molecule has 1 atom stereocenters. The molecule has 0 fully saturated rings. The van der Waals surface area contributed by atoms with Gasteiger partial charge in [0.1, 0.15) is 0 Å². The summed E-state index contributed by atoms with van der Waals surface area (Å²) in [6.45, 7) is 1.93. The third-order valence-corrected chi connectivity index (χ3v) is 4.09. The van der Waals surface area contributed by atoms with Crippen molar-refractivity contribution in [2.75, 3.05) is 6.61 Å². The maximum Gasteiger partial charge on any atom is 0.334 e. The first kappa shape index (κ1) is 18.8. The van der Waals surface area contributed by atoms with E-state index in [1.165, 1.54) is 0 Å². The van der Waals surface area contributed by atoms with E-state index in [1.54, 1.807) is 43.6 Å². The molecule has 27 heavy (non-hydrogen) atoms. The standard InChI is InChI=1S/C20H18ClN3O3/c1-2-27-20(26)19(17-5-3-4-8-22-17)24-18(25)10-13-6-7-16-14(9-13)11-15(21)12-23-16/h3-9,11-12,19H,2,10H2,1H3,(H,24,25). The monoisotopic (exact) mass is 383 g/mol. The van der Waals surface area contributed by atoms with Crippen LogP contribution in [0.25, 0.3) is 10.9 Å². The van der Waals surface area contributed by atoms with Crippen molar-refractivity contribution < 1.29 is 14.3 Å². The molecule has 2 aromatic heterocycles. The minimum Gasteiger partial charge on any atom is -0.464 e. The molecular weight excluding hydrogens is 366 g/mol. The number of rotatable bonds is 6. The van der Waals surface area contributed by atoms with Crippen molar-refractivity contribution in [1.82, 2.24) is 15.3 Å². The van der Waals surface area contributed by atoms with Gasteiger partial charge >= 0.3 is 5.97 Å². The van der Waals surface area contributed by atoms with Crippen molar-refractivity contribution in [1.29, 1.82) is 0 Å². The molecular formula is C20H18ClN3O3. The summed E-state index contributed by atoms with van der Waals surface area (Å²) >= 11 is 5.98. The topological polar surface area (TPSA) is 81.2 Å². The number of nitrogens with zero attached hydrogens (tertiary/aromatic N) is 2. The summed E-state index contributed by atoms with van der Waals surface area (Å²) in [5.41, 5.74) is 2.01. The van der Waals surface area contributed by atoms with Gasteiger partial charge in [0.15, 0.2) is 6.04 Å². The van der Waals surface area contributed by atoms with Gasteiger partial charge < -0.3 is 10.1 Å². The van der Waals surface area contributed by atoms with Gasteiger partial charge in [0, 0.05) is 17.8 Å². The molecule has 0 aliphatic carbocycles. The Kier molecular flexibility index (Phi) is 5.98. The molecule has 3 rings (SSSR count). The van der Waals surface area contributed by atoms with Crippen LogP contribution < -0.4 is 5.32 Å². The van der Waals surface area contributed by atoms with Crippen LogP contribution in [0.2, 0.25) is 5.02 Å². The second kappa shape index (κ2) is 8.60. The number of hydrogen-bond acceptors (Lipinski definition) is 5. The number of carbonyl (C=O) groups is 2. The number of nitrogens with one attached hydrogen (secondary N) is 1. The molecule has 0 saturated heterocycles. The fourth-order valence-corrected chi connectivity index (χ4v) is 2.85. The first-order valence-electron chi connectivity index (χ1n) is 8.48. The van der Waals surface area contributed by atoms with E-state index in [0.29, 0.717) is 10.7 Å². The van der Waals surface area contributed by atoms with Crippen LogP contribution in [0.1, 0.15) is 24.2 Å². The van der Waals surface area contributed by atoms with Gasteiger partial charge in [-0.25, -0.2) is 4.79 Å². The highest BCUT2D eigenvalue weighted by Crippen LogP contribution is 2.19. The van der Waals surface area contributed by atoms with E-state index < -0.39 is 12.0 Å². The Morgan fingerprint density at radius 2 is 2.04 bits per heavy atom. The lowest BCUT2D eigenvalue weighted by Gasteiger charge is -2.17. The Bertz CT molecular complexity index is 963. The van der Waals surface area contributed by atoms with Crippen LogP contribution in [0.4, 0.5) is 0 Å². The predicted molar refractivity (Wildman–Crippen MR) is 102 cm³/mol. The lowest BCUT2D eigenvalue weighted by molar-refractivity contribution is -0.147. The second-order valence-corrected chi connectivity index (χ2v) is 6.30. The lowest BCUT2D eigenvalue weighted by atomic mass is 10.1. The molecule has 6 nitrogen and oxygen atoms in total. The van der Waals surface area contributed by atoms with Gasteiger partial charge in [-0.2, -0.15) is 0 Å². The second-order valence-electron chi connectivity index (χ2n) is 5.86. The fourth-order valence-electron chi connectivity index (χ4n) is 2.69. The SMILES string of the molecule is CCOC(=O)C(NC(=O)Cc1ccc2ncc(Cl)cc2c1)c1ccccn1. The maximum absolute atomic E-state index is 12.5. The Labute approximate surface area is 161 Å². The molecule has 7 heteroatoms. The van der Waals surface area contributed by atoms with Crippen LogP contribution in [0.3, 0.4) is 0 Å². The maximum atomic E-state index is 12.5. The van der Waals surface area contributed by atoms with Gasteiger partial charge in [-0.15, -0.1) is 0 Å². The van der Waals surface area contributed by atoms with Gasteiger partial charge in [-0.05, 0) is 42.8 Å². The van der Waals surface area contributed by atoms with Crippen LogP contribution in [0.5, 0.6) is 0 Å². The Morgan fingerprint density at radius 3 is 2.78 bits per heavy atom. The highest BCUT2D eigenvalue weighted by atomic mass is 35.5. The van der Waals surface area contributed by atoms with Gasteiger partial charge in [0.25, 0.3) is 0 Å². The van der Waals surface area contributed by atoms with E-state index in [4.69, 9.17) is 16.3 Å². The number of fused-ring (bicyclic) bond motifs is 1. The number of halogens is 1. The number of ether oxygens (including phenoxy) is 1. The molecule has 0 saturated carbocycles. The minimum atomic E-state index is -0.949. The predicted octanol–water partition coefficient (Wildman–Crippen LogP) is 3.25. The van der Waals surface area contributed by atoms with Gasteiger partial charge in [0.05, 0.1) is 29.3 Å². The molecule has 1 N–H and O–H groups in total. The zero-order valence-electron chi connectivity index (χ0n) is 14.7. The summed E-state index contributed by atoms with van der Waals surface area (Å²) in [6, 6.07) is 11.5. The quantitative estimate of drug-likeness (QED) is 0.661. The highest BCUT2D eigenvalue weighted by molar-refractivity contribution is 6.31. The molecule has 0 spiro atoms. The van der Waals surface area contributed by atoms with Crippen molar-refractivity contribution in [3.8, 4) is 0 Å². The van der Waals surface area contributed by atoms with E-state index in [-0.39, 0.29) is 18.9 Å². The molecule has 0 bridgehead atoms. The number of benzene rings is 1. The van der Waals surface area contributed by atoms with Crippen LogP contribution in [-0.2, 0) is 20.7 Å². The largest absolute Gasteiger partial charge is 0.464 e. The molecule has 2 heterocycles. The van der Waals surface area contributed by atoms with E-state index in [1.807, 2.05) is 18.2 Å². The van der Waals surface area contributed by atoms with Crippen LogP contribution in [0.15, 0.2) is 54.9 Å². The Morgan fingerprint density at radius 1 is 1.19 bits per heavy atom. The molecule has 1 aromatic carbocycles. The summed E-state index contributed by atoms with van der Waals surface area (Å²) in [6.07, 6.45) is 3.24. The molecule has 0 aliphatic rings. The number of aromatic nitrogens is 2. The molecule has 138 valence electrons. The normalized spacial score (nSPS) is 11.8. The van der Waals surface area contributed by atoms with E-state index >= 15 is 0 Å². The Hall–Kier alpha value is -2.99. The van der Waals surface area contributed by atoms with Gasteiger partial charge in [0.2, 0.25) is 5.91 Å². The molecule has 1 unspecified atom stereocenters. The zero-order chi connectivity index (χ0) is 19.2. The number of carbonyl (C=O) groups excluding carboxylic acids is 2. The third-order valence-electron chi connectivity index (χ3n) is 3.89. The number of esters is 1. The summed E-state index contributed by atoms with van der Waals surface area (Å²) in [7, 11) is 0. The van der Waals surface area contributed by atoms with Crippen molar-refractivity contribution in [2.24, 2.45) is 0 Å². The first-order chi connectivity index (χ1) is 13.1. The van der Waals surface area contributed by atoms with Gasteiger partial charge in [-0.1, -0.05) is 23.7 Å². The van der Waals surface area contributed by atoms with Gasteiger partial charge in [-0.3, -0.25) is 14.8 Å². The minimum absolute atomic E-state index is 0.102. The van der Waals surface area contributed by atoms with Crippen molar-refractivity contribution in [2.45, 2.75) is 19.4 Å². The Balaban J connectivity index is 1.76. The number of hydrogen-bond donors (Lipinski definition) is 1. The van der Waals surface area contributed by atoms with Crippen molar-refractivity contribution >= 4 is 34.4 Å².